The van der Waals surface area contributed by atoms with E-state index in [1.807, 2.05) is 0 Å². The van der Waals surface area contributed by atoms with E-state index in [2.05, 4.69) is 10.4 Å². The Morgan fingerprint density at radius 1 is 1.14 bits per heavy atom. The zero-order valence-electron chi connectivity index (χ0n) is 15.0. The van der Waals surface area contributed by atoms with Crippen LogP contribution in [0.5, 0.6) is 17.2 Å². The van der Waals surface area contributed by atoms with Crippen LogP contribution < -0.4 is 14.8 Å². The monoisotopic (exact) mass is 425 g/mol. The molecule has 1 amide bonds. The Bertz CT molecular complexity index is 1000. The van der Waals surface area contributed by atoms with Crippen LogP contribution in [0, 0.1) is 0 Å². The fourth-order valence-corrected chi connectivity index (χ4v) is 2.57. The van der Waals surface area contributed by atoms with Crippen LogP contribution in [0.15, 0.2) is 54.7 Å². The van der Waals surface area contributed by atoms with Gasteiger partial charge in [-0.15, -0.1) is 0 Å². The van der Waals surface area contributed by atoms with Gasteiger partial charge in [0.2, 0.25) is 5.91 Å². The number of carbonyl (C=O) groups excluding carboxylic acids is 1. The SMILES string of the molecule is COc1ccc(Oc2ccc(Cl)cc2NC(=O)Cn2ccc(C(F)(F)F)n2)cc1. The van der Waals surface area contributed by atoms with Gasteiger partial charge in [0, 0.05) is 11.2 Å². The zero-order chi connectivity index (χ0) is 21.0. The molecule has 0 aliphatic rings. The highest BCUT2D eigenvalue weighted by Gasteiger charge is 2.33. The topological polar surface area (TPSA) is 65.4 Å². The molecule has 6 nitrogen and oxygen atoms in total. The average molecular weight is 426 g/mol. The fraction of sp³-hybridized carbons (Fsp3) is 0.158. The van der Waals surface area contributed by atoms with Crippen molar-refractivity contribution in [2.45, 2.75) is 12.7 Å². The van der Waals surface area contributed by atoms with Crippen molar-refractivity contribution in [3.63, 3.8) is 0 Å². The van der Waals surface area contributed by atoms with Gasteiger partial charge in [0.1, 0.15) is 18.0 Å². The van der Waals surface area contributed by atoms with Gasteiger partial charge in [-0.25, -0.2) is 0 Å². The predicted octanol–water partition coefficient (Wildman–Crippen LogP) is 4.99. The molecule has 0 bridgehead atoms. The molecular formula is C19H15ClF3N3O3. The highest BCUT2D eigenvalue weighted by atomic mass is 35.5. The second-order valence-electron chi connectivity index (χ2n) is 5.86. The molecule has 0 radical (unpaired) electrons. The predicted molar refractivity (Wildman–Crippen MR) is 100 cm³/mol. The van der Waals surface area contributed by atoms with Gasteiger partial charge in [-0.1, -0.05) is 11.6 Å². The number of aromatic nitrogens is 2. The second-order valence-corrected chi connectivity index (χ2v) is 6.30. The number of amides is 1. The van der Waals surface area contributed by atoms with E-state index in [1.54, 1.807) is 43.5 Å². The number of carbonyl (C=O) groups is 1. The van der Waals surface area contributed by atoms with Crippen LogP contribution >= 0.6 is 11.6 Å². The molecule has 2 aromatic carbocycles. The molecule has 1 aromatic heterocycles. The maximum atomic E-state index is 12.6. The lowest BCUT2D eigenvalue weighted by atomic mass is 10.2. The van der Waals surface area contributed by atoms with Crippen LogP contribution in [-0.2, 0) is 17.5 Å². The van der Waals surface area contributed by atoms with Crippen LogP contribution in [0.3, 0.4) is 0 Å². The van der Waals surface area contributed by atoms with Crippen molar-refractivity contribution in [2.75, 3.05) is 12.4 Å². The molecule has 0 unspecified atom stereocenters. The quantitative estimate of drug-likeness (QED) is 0.604. The number of rotatable bonds is 6. The van der Waals surface area contributed by atoms with E-state index in [9.17, 15) is 18.0 Å². The van der Waals surface area contributed by atoms with Gasteiger partial charge < -0.3 is 14.8 Å². The molecule has 0 spiro atoms. The minimum Gasteiger partial charge on any atom is -0.497 e. The first kappa shape index (κ1) is 20.5. The minimum absolute atomic E-state index is 0.265. The summed E-state index contributed by atoms with van der Waals surface area (Å²) in [5.41, 5.74) is -0.807. The van der Waals surface area contributed by atoms with E-state index in [0.717, 1.165) is 16.9 Å². The smallest absolute Gasteiger partial charge is 0.435 e. The van der Waals surface area contributed by atoms with Crippen molar-refractivity contribution in [3.05, 3.63) is 65.4 Å². The third kappa shape index (κ3) is 5.41. The molecule has 3 aromatic rings. The second kappa shape index (κ2) is 8.44. The molecule has 1 N–H and O–H groups in total. The first-order valence-corrected chi connectivity index (χ1v) is 8.64. The van der Waals surface area contributed by atoms with Crippen LogP contribution in [0.25, 0.3) is 0 Å². The maximum absolute atomic E-state index is 12.6. The number of methoxy groups -OCH3 is 1. The third-order valence-electron chi connectivity index (χ3n) is 3.74. The summed E-state index contributed by atoms with van der Waals surface area (Å²) in [7, 11) is 1.54. The molecule has 3 rings (SSSR count). The molecule has 0 saturated carbocycles. The van der Waals surface area contributed by atoms with Gasteiger partial charge in [0.15, 0.2) is 11.4 Å². The number of alkyl halides is 3. The molecule has 1 heterocycles. The number of halogens is 4. The van der Waals surface area contributed by atoms with E-state index < -0.39 is 24.3 Å². The number of nitrogens with one attached hydrogen (secondary N) is 1. The molecule has 0 saturated heterocycles. The molecule has 29 heavy (non-hydrogen) atoms. The van der Waals surface area contributed by atoms with Crippen molar-refractivity contribution >= 4 is 23.2 Å². The molecule has 0 aliphatic carbocycles. The van der Waals surface area contributed by atoms with Gasteiger partial charge in [0.05, 0.1) is 12.8 Å². The van der Waals surface area contributed by atoms with Crippen molar-refractivity contribution in [1.82, 2.24) is 9.78 Å². The zero-order valence-corrected chi connectivity index (χ0v) is 15.8. The van der Waals surface area contributed by atoms with Gasteiger partial charge in [-0.3, -0.25) is 9.48 Å². The summed E-state index contributed by atoms with van der Waals surface area (Å²) in [5.74, 6) is 0.859. The number of benzene rings is 2. The molecule has 0 aliphatic heterocycles. The van der Waals surface area contributed by atoms with Gasteiger partial charge in [-0.05, 0) is 48.5 Å². The number of ether oxygens (including phenoxy) is 2. The standard InChI is InChI=1S/C19H15ClF3N3O3/c1-28-13-3-5-14(6-4-13)29-16-7-2-12(20)10-15(16)24-18(27)11-26-9-8-17(25-26)19(21,22)23/h2-10H,11H2,1H3,(H,24,27). The van der Waals surface area contributed by atoms with E-state index in [1.165, 1.54) is 6.07 Å². The number of hydrogen-bond donors (Lipinski definition) is 1. The first-order valence-electron chi connectivity index (χ1n) is 8.26. The first-order chi connectivity index (χ1) is 13.7. The Labute approximate surface area is 168 Å². The maximum Gasteiger partial charge on any atom is 0.435 e. The summed E-state index contributed by atoms with van der Waals surface area (Å²) in [6.07, 6.45) is -3.50. The Morgan fingerprint density at radius 3 is 2.45 bits per heavy atom. The van der Waals surface area contributed by atoms with Crippen LogP contribution in [0.2, 0.25) is 5.02 Å². The summed E-state index contributed by atoms with van der Waals surface area (Å²) in [4.78, 5) is 12.3. The Kier molecular flexibility index (Phi) is 5.97. The van der Waals surface area contributed by atoms with Crippen LogP contribution in [-0.4, -0.2) is 22.8 Å². The van der Waals surface area contributed by atoms with E-state index >= 15 is 0 Å². The lowest BCUT2D eigenvalue weighted by Gasteiger charge is -2.13. The van der Waals surface area contributed by atoms with Crippen molar-refractivity contribution in [1.29, 1.82) is 0 Å². The highest BCUT2D eigenvalue weighted by molar-refractivity contribution is 6.31. The van der Waals surface area contributed by atoms with Crippen LogP contribution in [0.4, 0.5) is 18.9 Å². The van der Waals surface area contributed by atoms with E-state index in [4.69, 9.17) is 21.1 Å². The minimum atomic E-state index is -4.58. The summed E-state index contributed by atoms with van der Waals surface area (Å²) in [5, 5.41) is 6.27. The average Bonchev–Trinajstić information content (AvgIpc) is 3.13. The summed E-state index contributed by atoms with van der Waals surface area (Å²) in [6, 6.07) is 12.2. The van der Waals surface area contributed by atoms with Gasteiger partial charge in [-0.2, -0.15) is 18.3 Å². The number of nitrogens with zero attached hydrogens (tertiary/aromatic N) is 2. The van der Waals surface area contributed by atoms with Gasteiger partial charge in [0.25, 0.3) is 0 Å². The van der Waals surface area contributed by atoms with Crippen LogP contribution in [0.1, 0.15) is 5.69 Å². The molecular weight excluding hydrogens is 411 g/mol. The lowest BCUT2D eigenvalue weighted by molar-refractivity contribution is -0.141. The molecule has 0 fully saturated rings. The Hall–Kier alpha value is -3.20. The number of hydrogen-bond acceptors (Lipinski definition) is 4. The van der Waals surface area contributed by atoms with Crippen molar-refractivity contribution < 1.29 is 27.4 Å². The Balaban J connectivity index is 1.73. The van der Waals surface area contributed by atoms with Gasteiger partial charge >= 0.3 is 6.18 Å². The largest absolute Gasteiger partial charge is 0.497 e. The lowest BCUT2D eigenvalue weighted by Crippen LogP contribution is -2.20. The third-order valence-corrected chi connectivity index (χ3v) is 3.97. The van der Waals surface area contributed by atoms with Crippen molar-refractivity contribution in [3.8, 4) is 17.2 Å². The van der Waals surface area contributed by atoms with E-state index in [0.29, 0.717) is 22.3 Å². The normalized spacial score (nSPS) is 11.2. The molecule has 10 heteroatoms. The highest BCUT2D eigenvalue weighted by Crippen LogP contribution is 2.33. The molecule has 0 atom stereocenters. The van der Waals surface area contributed by atoms with E-state index in [-0.39, 0.29) is 5.69 Å². The number of anilines is 1. The molecule has 152 valence electrons. The summed E-state index contributed by atoms with van der Waals surface area (Å²) >= 11 is 5.99. The summed E-state index contributed by atoms with van der Waals surface area (Å²) < 4.78 is 49.6. The van der Waals surface area contributed by atoms with Crippen molar-refractivity contribution in [2.24, 2.45) is 0 Å². The summed E-state index contributed by atoms with van der Waals surface area (Å²) in [6.45, 7) is -0.412. The fourth-order valence-electron chi connectivity index (χ4n) is 2.40. The Morgan fingerprint density at radius 2 is 1.83 bits per heavy atom.